The maximum Gasteiger partial charge on any atom is 0.267 e. The van der Waals surface area contributed by atoms with Crippen LogP contribution in [0.25, 0.3) is 0 Å². The number of carbonyl (C=O) groups excluding carboxylic acids is 1. The van der Waals surface area contributed by atoms with Gasteiger partial charge in [-0.25, -0.2) is 0 Å². The fourth-order valence-electron chi connectivity index (χ4n) is 1.42. The second kappa shape index (κ2) is 6.93. The molecular formula is C12H18N2O4. The van der Waals surface area contributed by atoms with Gasteiger partial charge in [0.05, 0.1) is 12.7 Å². The van der Waals surface area contributed by atoms with E-state index in [2.05, 4.69) is 10.3 Å². The quantitative estimate of drug-likeness (QED) is 0.656. The zero-order valence-electron chi connectivity index (χ0n) is 10.5. The van der Waals surface area contributed by atoms with Crippen LogP contribution in [0.4, 0.5) is 0 Å². The summed E-state index contributed by atoms with van der Waals surface area (Å²) in [6, 6.07) is 2.62. The first kappa shape index (κ1) is 14.4. The molecule has 18 heavy (non-hydrogen) atoms. The van der Waals surface area contributed by atoms with Gasteiger partial charge in [0, 0.05) is 31.0 Å². The number of carbonyl (C=O) groups is 1. The van der Waals surface area contributed by atoms with Crippen LogP contribution in [0.5, 0.6) is 0 Å². The van der Waals surface area contributed by atoms with Crippen molar-refractivity contribution in [1.29, 1.82) is 0 Å². The van der Waals surface area contributed by atoms with E-state index in [1.807, 2.05) is 6.92 Å². The van der Waals surface area contributed by atoms with Crippen LogP contribution in [0.3, 0.4) is 0 Å². The molecule has 6 heteroatoms. The van der Waals surface area contributed by atoms with Crippen molar-refractivity contribution in [2.75, 3.05) is 19.8 Å². The molecule has 1 aromatic heterocycles. The molecule has 1 atom stereocenters. The van der Waals surface area contributed by atoms with Crippen molar-refractivity contribution in [3.05, 3.63) is 33.7 Å². The van der Waals surface area contributed by atoms with Gasteiger partial charge in [0.2, 0.25) is 0 Å². The first-order valence-corrected chi connectivity index (χ1v) is 5.78. The number of aromatic nitrogens is 1. The Morgan fingerprint density at radius 1 is 1.56 bits per heavy atom. The molecule has 0 aliphatic heterocycles. The number of H-pyrrole nitrogens is 1. The molecule has 1 aromatic rings. The number of aliphatic hydroxyl groups is 1. The van der Waals surface area contributed by atoms with Crippen LogP contribution in [0.1, 0.15) is 23.1 Å². The summed E-state index contributed by atoms with van der Waals surface area (Å²) in [7, 11) is 0. The summed E-state index contributed by atoms with van der Waals surface area (Å²) in [5, 5.41) is 12.0. The predicted octanol–water partition coefficient (Wildman–Crippen LogP) is -0.189. The van der Waals surface area contributed by atoms with Crippen LogP contribution in [0.15, 0.2) is 16.9 Å². The molecule has 1 amide bonds. The fraction of sp³-hybridized carbons (Fsp3) is 0.500. The molecule has 0 spiro atoms. The van der Waals surface area contributed by atoms with E-state index in [1.54, 1.807) is 6.92 Å². The number of aliphatic hydroxyl groups excluding tert-OH is 1. The lowest BCUT2D eigenvalue weighted by atomic mass is 10.3. The fourth-order valence-corrected chi connectivity index (χ4v) is 1.42. The molecule has 0 radical (unpaired) electrons. The van der Waals surface area contributed by atoms with Crippen LogP contribution in [0, 0.1) is 6.92 Å². The van der Waals surface area contributed by atoms with E-state index >= 15 is 0 Å². The summed E-state index contributed by atoms with van der Waals surface area (Å²) >= 11 is 0. The number of hydrogen-bond acceptors (Lipinski definition) is 4. The number of amides is 1. The Labute approximate surface area is 105 Å². The summed E-state index contributed by atoms with van der Waals surface area (Å²) in [5.41, 5.74) is 0.567. The van der Waals surface area contributed by atoms with Gasteiger partial charge in [0.15, 0.2) is 5.43 Å². The molecular weight excluding hydrogens is 236 g/mol. The smallest absolute Gasteiger partial charge is 0.267 e. The highest BCUT2D eigenvalue weighted by molar-refractivity contribution is 5.92. The lowest BCUT2D eigenvalue weighted by molar-refractivity contribution is 0.0417. The molecule has 0 unspecified atom stereocenters. The number of hydrogen-bond donors (Lipinski definition) is 3. The molecule has 6 nitrogen and oxygen atoms in total. The van der Waals surface area contributed by atoms with Crippen LogP contribution >= 0.6 is 0 Å². The third-order valence-electron chi connectivity index (χ3n) is 2.23. The average molecular weight is 254 g/mol. The molecule has 1 rings (SSSR count). The standard InChI is InChI=1S/C12H18N2O4/c1-3-18-7-10(16)6-13-12(17)11-5-9(15)4-8(2)14-11/h4-5,10,16H,3,6-7H2,1-2H3,(H,13,17)(H,14,15)/t10-/m1/s1. The minimum absolute atomic E-state index is 0.0782. The van der Waals surface area contributed by atoms with E-state index in [0.717, 1.165) is 0 Å². The summed E-state index contributed by atoms with van der Waals surface area (Å²) < 4.78 is 5.01. The summed E-state index contributed by atoms with van der Waals surface area (Å²) in [4.78, 5) is 25.7. The Morgan fingerprint density at radius 3 is 2.89 bits per heavy atom. The second-order valence-corrected chi connectivity index (χ2v) is 3.94. The van der Waals surface area contributed by atoms with Gasteiger partial charge in [-0.1, -0.05) is 0 Å². The summed E-state index contributed by atoms with van der Waals surface area (Å²) in [6.45, 7) is 4.27. The van der Waals surface area contributed by atoms with Gasteiger partial charge in [-0.2, -0.15) is 0 Å². The number of pyridine rings is 1. The van der Waals surface area contributed by atoms with E-state index in [-0.39, 0.29) is 24.3 Å². The second-order valence-electron chi connectivity index (χ2n) is 3.94. The molecule has 100 valence electrons. The minimum Gasteiger partial charge on any atom is -0.389 e. The molecule has 3 N–H and O–H groups in total. The monoisotopic (exact) mass is 254 g/mol. The zero-order chi connectivity index (χ0) is 13.5. The van der Waals surface area contributed by atoms with Crippen LogP contribution < -0.4 is 10.7 Å². The molecule has 0 bridgehead atoms. The van der Waals surface area contributed by atoms with E-state index < -0.39 is 12.0 Å². The number of aromatic amines is 1. The molecule has 0 fully saturated rings. The third-order valence-corrected chi connectivity index (χ3v) is 2.23. The van der Waals surface area contributed by atoms with Gasteiger partial charge < -0.3 is 20.1 Å². The largest absolute Gasteiger partial charge is 0.389 e. The van der Waals surface area contributed by atoms with E-state index in [1.165, 1.54) is 12.1 Å². The number of aryl methyl sites for hydroxylation is 1. The van der Waals surface area contributed by atoms with Crippen LogP contribution in [-0.2, 0) is 4.74 Å². The Bertz CT molecular complexity index is 456. The average Bonchev–Trinajstić information content (AvgIpc) is 2.32. The van der Waals surface area contributed by atoms with Gasteiger partial charge >= 0.3 is 0 Å². The molecule has 0 aromatic carbocycles. The normalized spacial score (nSPS) is 12.2. The topological polar surface area (TPSA) is 91.4 Å². The summed E-state index contributed by atoms with van der Waals surface area (Å²) in [5.74, 6) is -0.425. The number of ether oxygens (including phenoxy) is 1. The Balaban J connectivity index is 2.52. The molecule has 0 saturated carbocycles. The van der Waals surface area contributed by atoms with Crippen molar-refractivity contribution in [1.82, 2.24) is 10.3 Å². The highest BCUT2D eigenvalue weighted by atomic mass is 16.5. The molecule has 0 aliphatic carbocycles. The Hall–Kier alpha value is -1.66. The van der Waals surface area contributed by atoms with Crippen molar-refractivity contribution in [2.24, 2.45) is 0 Å². The van der Waals surface area contributed by atoms with Gasteiger partial charge in [-0.05, 0) is 13.8 Å². The van der Waals surface area contributed by atoms with E-state index in [4.69, 9.17) is 4.74 Å². The molecule has 0 saturated heterocycles. The van der Waals surface area contributed by atoms with Crippen molar-refractivity contribution >= 4 is 5.91 Å². The highest BCUT2D eigenvalue weighted by Gasteiger charge is 2.10. The number of nitrogens with one attached hydrogen (secondary N) is 2. The van der Waals surface area contributed by atoms with Gasteiger partial charge in [-0.3, -0.25) is 9.59 Å². The maximum absolute atomic E-state index is 11.7. The third kappa shape index (κ3) is 4.68. The first-order valence-electron chi connectivity index (χ1n) is 5.78. The SMILES string of the molecule is CCOC[C@H](O)CNC(=O)c1cc(=O)cc(C)[nH]1. The highest BCUT2D eigenvalue weighted by Crippen LogP contribution is 1.94. The molecule has 0 aliphatic rings. The minimum atomic E-state index is -0.759. The van der Waals surface area contributed by atoms with Gasteiger partial charge in [0.1, 0.15) is 5.69 Å². The Kier molecular flexibility index (Phi) is 5.54. The number of rotatable bonds is 6. The van der Waals surface area contributed by atoms with Crippen molar-refractivity contribution in [3.8, 4) is 0 Å². The Morgan fingerprint density at radius 2 is 2.28 bits per heavy atom. The zero-order valence-corrected chi connectivity index (χ0v) is 10.5. The maximum atomic E-state index is 11.7. The van der Waals surface area contributed by atoms with Crippen LogP contribution in [-0.4, -0.2) is 41.9 Å². The van der Waals surface area contributed by atoms with Crippen LogP contribution in [0.2, 0.25) is 0 Å². The predicted molar refractivity (Wildman–Crippen MR) is 66.6 cm³/mol. The summed E-state index contributed by atoms with van der Waals surface area (Å²) in [6.07, 6.45) is -0.759. The lowest BCUT2D eigenvalue weighted by Gasteiger charge is -2.11. The lowest BCUT2D eigenvalue weighted by Crippen LogP contribution is -2.35. The first-order chi connectivity index (χ1) is 8.52. The molecule has 1 heterocycles. The van der Waals surface area contributed by atoms with Crippen molar-refractivity contribution in [2.45, 2.75) is 20.0 Å². The van der Waals surface area contributed by atoms with Gasteiger partial charge in [0.25, 0.3) is 5.91 Å². The van der Waals surface area contributed by atoms with Crippen molar-refractivity contribution in [3.63, 3.8) is 0 Å². The van der Waals surface area contributed by atoms with E-state index in [9.17, 15) is 14.7 Å². The van der Waals surface area contributed by atoms with E-state index in [0.29, 0.717) is 12.3 Å². The van der Waals surface area contributed by atoms with Gasteiger partial charge in [-0.15, -0.1) is 0 Å². The van der Waals surface area contributed by atoms with Crippen molar-refractivity contribution < 1.29 is 14.6 Å².